The van der Waals surface area contributed by atoms with Gasteiger partial charge in [0.2, 0.25) is 0 Å². The van der Waals surface area contributed by atoms with Crippen LogP contribution < -0.4 is 0 Å². The average Bonchev–Trinajstić information content (AvgIpc) is 3.34. The highest BCUT2D eigenvalue weighted by atomic mass is 19.4. The highest BCUT2D eigenvalue weighted by Crippen LogP contribution is 2.44. The van der Waals surface area contributed by atoms with Crippen LogP contribution in [0.1, 0.15) is 43.7 Å². The summed E-state index contributed by atoms with van der Waals surface area (Å²) in [7, 11) is 0. The van der Waals surface area contributed by atoms with Gasteiger partial charge in [-0.25, -0.2) is 19.3 Å². The van der Waals surface area contributed by atoms with E-state index in [-0.39, 0.29) is 29.1 Å². The lowest BCUT2D eigenvalue weighted by Gasteiger charge is -2.25. The molecule has 2 aromatic heterocycles. The van der Waals surface area contributed by atoms with Crippen molar-refractivity contribution in [3.63, 3.8) is 0 Å². The van der Waals surface area contributed by atoms with Gasteiger partial charge >= 0.3 is 6.18 Å². The summed E-state index contributed by atoms with van der Waals surface area (Å²) in [4.78, 5) is 30.5. The van der Waals surface area contributed by atoms with E-state index in [0.29, 0.717) is 19.0 Å². The minimum atomic E-state index is -4.62. The summed E-state index contributed by atoms with van der Waals surface area (Å²) in [6.45, 7) is 0. The van der Waals surface area contributed by atoms with Crippen molar-refractivity contribution in [1.29, 1.82) is 0 Å². The van der Waals surface area contributed by atoms with E-state index in [1.165, 1.54) is 35.5 Å². The second-order valence-electron chi connectivity index (χ2n) is 7.98. The van der Waals surface area contributed by atoms with E-state index in [2.05, 4.69) is 19.9 Å². The third-order valence-corrected chi connectivity index (χ3v) is 5.99. The summed E-state index contributed by atoms with van der Waals surface area (Å²) in [5.41, 5.74) is -0.958. The van der Waals surface area contributed by atoms with Crippen LogP contribution in [-0.2, 0) is 12.6 Å². The van der Waals surface area contributed by atoms with Crippen LogP contribution >= 0.6 is 0 Å². The molecular formula is C23H19F4N5O. The van der Waals surface area contributed by atoms with Gasteiger partial charge in [0.15, 0.2) is 11.5 Å². The zero-order valence-corrected chi connectivity index (χ0v) is 17.1. The van der Waals surface area contributed by atoms with Gasteiger partial charge in [-0.15, -0.1) is 0 Å². The molecule has 10 heteroatoms. The summed E-state index contributed by atoms with van der Waals surface area (Å²) in [6.07, 6.45) is -1.01. The molecule has 5 rings (SSSR count). The van der Waals surface area contributed by atoms with Gasteiger partial charge < -0.3 is 4.90 Å². The molecule has 0 N–H and O–H groups in total. The largest absolute Gasteiger partial charge is 0.434 e. The number of hydrogen-bond acceptors (Lipinski definition) is 5. The molecule has 33 heavy (non-hydrogen) atoms. The first-order chi connectivity index (χ1) is 16.6. The van der Waals surface area contributed by atoms with Crippen molar-refractivity contribution in [2.75, 3.05) is 0 Å². The van der Waals surface area contributed by atoms with Crippen molar-refractivity contribution in [3.8, 4) is 11.4 Å². The van der Waals surface area contributed by atoms with E-state index >= 15 is 0 Å². The number of carbonyl (C=O) groups excluding carboxylic acids is 1. The third-order valence-electron chi connectivity index (χ3n) is 5.99. The number of fused-ring (bicyclic) bond motifs is 2. The van der Waals surface area contributed by atoms with E-state index in [1.54, 1.807) is 6.07 Å². The maximum absolute atomic E-state index is 14.8. The standard InChI is InChI=1S/C23H19F4N5O/c24-17-4-1-3-16(20(17)21-28-7-2-8-29-21)22(33)32-15-5-6-18(32)13(10-15)9-14-11-31-19(12-30-14)23(25,26)27/h1-4,7-8,11-13,15,18H,5-6,9-10H2/i10D2. The first-order valence-electron chi connectivity index (χ1n) is 11.4. The summed E-state index contributed by atoms with van der Waals surface area (Å²) in [5, 5.41) is 0. The van der Waals surface area contributed by atoms with Gasteiger partial charge in [0.1, 0.15) is 5.82 Å². The minimum absolute atomic E-state index is 0.0148. The van der Waals surface area contributed by atoms with Crippen molar-refractivity contribution in [2.45, 2.75) is 43.9 Å². The number of halogens is 4. The number of aromatic nitrogens is 4. The Balaban J connectivity index is 1.46. The molecule has 6 nitrogen and oxygen atoms in total. The predicted octanol–water partition coefficient (Wildman–Crippen LogP) is 4.33. The van der Waals surface area contributed by atoms with E-state index in [9.17, 15) is 22.4 Å². The van der Waals surface area contributed by atoms with Crippen molar-refractivity contribution >= 4 is 5.91 Å². The van der Waals surface area contributed by atoms with Gasteiger partial charge in [-0.05, 0) is 49.8 Å². The third kappa shape index (κ3) is 3.94. The molecule has 2 aliphatic heterocycles. The monoisotopic (exact) mass is 459 g/mol. The number of hydrogen-bond donors (Lipinski definition) is 0. The average molecular weight is 459 g/mol. The fourth-order valence-corrected chi connectivity index (χ4v) is 4.57. The number of carbonyl (C=O) groups is 1. The molecule has 170 valence electrons. The zero-order chi connectivity index (χ0) is 25.0. The molecule has 1 amide bonds. The first kappa shape index (κ1) is 19.1. The molecule has 4 heterocycles. The highest BCUT2D eigenvalue weighted by Gasteiger charge is 2.49. The molecule has 1 aromatic carbocycles. The molecule has 0 spiro atoms. The van der Waals surface area contributed by atoms with Crippen molar-refractivity contribution in [3.05, 3.63) is 71.8 Å². The molecule has 0 saturated carbocycles. The Morgan fingerprint density at radius 2 is 1.88 bits per heavy atom. The van der Waals surface area contributed by atoms with Gasteiger partial charge in [-0.1, -0.05) is 6.07 Å². The van der Waals surface area contributed by atoms with Gasteiger partial charge in [0, 0.05) is 33.4 Å². The molecule has 2 bridgehead atoms. The van der Waals surface area contributed by atoms with Crippen molar-refractivity contribution < 1.29 is 25.1 Å². The van der Waals surface area contributed by atoms with Crippen LogP contribution in [0.3, 0.4) is 0 Å². The topological polar surface area (TPSA) is 71.9 Å². The molecule has 3 aromatic rings. The zero-order valence-electron chi connectivity index (χ0n) is 19.1. The second-order valence-corrected chi connectivity index (χ2v) is 7.98. The quantitative estimate of drug-likeness (QED) is 0.544. The molecule has 2 aliphatic rings. The highest BCUT2D eigenvalue weighted by molar-refractivity contribution is 6.01. The van der Waals surface area contributed by atoms with Crippen LogP contribution in [0, 0.1) is 11.7 Å². The Morgan fingerprint density at radius 1 is 1.09 bits per heavy atom. The number of benzene rings is 1. The second kappa shape index (κ2) is 8.17. The summed E-state index contributed by atoms with van der Waals surface area (Å²) in [6, 6.07) is 4.33. The van der Waals surface area contributed by atoms with Crippen LogP contribution in [0.2, 0.25) is 0 Å². The van der Waals surface area contributed by atoms with Crippen molar-refractivity contribution in [1.82, 2.24) is 24.8 Å². The first-order valence-corrected chi connectivity index (χ1v) is 10.4. The number of nitrogens with zero attached hydrogens (tertiary/aromatic N) is 5. The number of alkyl halides is 3. The molecule has 3 atom stereocenters. The molecule has 2 saturated heterocycles. The van der Waals surface area contributed by atoms with E-state index < -0.39 is 48.0 Å². The van der Waals surface area contributed by atoms with Gasteiger partial charge in [0.05, 0.1) is 23.0 Å². The molecule has 0 radical (unpaired) electrons. The van der Waals surface area contributed by atoms with Gasteiger partial charge in [-0.3, -0.25) is 9.78 Å². The van der Waals surface area contributed by atoms with Crippen LogP contribution in [-0.4, -0.2) is 42.8 Å². The predicted molar refractivity (Wildman–Crippen MR) is 109 cm³/mol. The molecule has 0 aliphatic carbocycles. The van der Waals surface area contributed by atoms with Gasteiger partial charge in [-0.2, -0.15) is 13.2 Å². The summed E-state index contributed by atoms with van der Waals surface area (Å²) in [5.74, 6) is -1.88. The molecular weight excluding hydrogens is 438 g/mol. The van der Waals surface area contributed by atoms with Crippen LogP contribution in [0.25, 0.3) is 11.4 Å². The van der Waals surface area contributed by atoms with Gasteiger partial charge in [0.25, 0.3) is 5.91 Å². The smallest absolute Gasteiger partial charge is 0.332 e. The lowest BCUT2D eigenvalue weighted by atomic mass is 9.86. The lowest BCUT2D eigenvalue weighted by molar-refractivity contribution is -0.141. The number of amides is 1. The normalized spacial score (nSPS) is 24.5. The Bertz CT molecular complexity index is 1260. The van der Waals surface area contributed by atoms with Crippen LogP contribution in [0.15, 0.2) is 49.1 Å². The van der Waals surface area contributed by atoms with E-state index in [4.69, 9.17) is 2.74 Å². The minimum Gasteiger partial charge on any atom is -0.332 e. The summed E-state index contributed by atoms with van der Waals surface area (Å²) < 4.78 is 70.7. The van der Waals surface area contributed by atoms with E-state index in [1.807, 2.05) is 0 Å². The van der Waals surface area contributed by atoms with Crippen molar-refractivity contribution in [2.24, 2.45) is 5.92 Å². The Labute approximate surface area is 189 Å². The maximum atomic E-state index is 14.8. The molecule has 3 unspecified atom stereocenters. The van der Waals surface area contributed by atoms with Crippen LogP contribution in [0.5, 0.6) is 0 Å². The Kier molecular flexibility index (Phi) is 4.72. The summed E-state index contributed by atoms with van der Waals surface area (Å²) >= 11 is 0. The Morgan fingerprint density at radius 3 is 2.58 bits per heavy atom. The van der Waals surface area contributed by atoms with E-state index in [0.717, 1.165) is 6.20 Å². The maximum Gasteiger partial charge on any atom is 0.434 e. The number of rotatable bonds is 4. The fourth-order valence-electron chi connectivity index (χ4n) is 4.57. The lowest BCUT2D eigenvalue weighted by Crippen LogP contribution is -2.37. The SMILES string of the molecule is [2H]C1([2H])C(Cc2cnc(C(F)(F)F)cn2)C2CCC1N2C(=O)c1cccc(F)c1-c1ncccn1. The fraction of sp³-hybridized carbons (Fsp3) is 0.348. The Hall–Kier alpha value is -3.43. The van der Waals surface area contributed by atoms with Crippen LogP contribution in [0.4, 0.5) is 17.6 Å². The molecule has 2 fully saturated rings.